The summed E-state index contributed by atoms with van der Waals surface area (Å²) in [7, 11) is 0. The molecule has 0 aliphatic heterocycles. The second kappa shape index (κ2) is 5.48. The van der Waals surface area contributed by atoms with E-state index in [2.05, 4.69) is 20.3 Å². The molecule has 3 aromatic rings. The Morgan fingerprint density at radius 1 is 1.27 bits per heavy atom. The standard InChI is InChI=1S/C16H16N4O2/c1-9(15-19-12-5-3-4-6-13(12)20-15)18-16(22)14-7-11(8-17-14)10(2)21/h3-9,17H,1-2H3,(H,18,22)(H,19,20). The first-order valence-electron chi connectivity index (χ1n) is 6.99. The van der Waals surface area contributed by atoms with Crippen LogP contribution < -0.4 is 5.32 Å². The third-order valence-corrected chi connectivity index (χ3v) is 3.50. The van der Waals surface area contributed by atoms with Gasteiger partial charge in [-0.3, -0.25) is 9.59 Å². The number of fused-ring (bicyclic) bond motifs is 1. The van der Waals surface area contributed by atoms with Crippen LogP contribution in [0.5, 0.6) is 0 Å². The number of hydrogen-bond acceptors (Lipinski definition) is 3. The maximum absolute atomic E-state index is 12.2. The van der Waals surface area contributed by atoms with Crippen LogP contribution in [0.2, 0.25) is 0 Å². The molecule has 0 fully saturated rings. The molecule has 3 N–H and O–H groups in total. The van der Waals surface area contributed by atoms with Crippen molar-refractivity contribution >= 4 is 22.7 Å². The molecule has 6 heteroatoms. The fraction of sp³-hybridized carbons (Fsp3) is 0.188. The van der Waals surface area contributed by atoms with Gasteiger partial charge in [-0.05, 0) is 32.0 Å². The molecule has 1 aromatic carbocycles. The number of aromatic nitrogens is 3. The Hall–Kier alpha value is -2.89. The number of carbonyl (C=O) groups is 2. The van der Waals surface area contributed by atoms with Gasteiger partial charge in [0.15, 0.2) is 5.78 Å². The minimum absolute atomic E-state index is 0.0827. The van der Waals surface area contributed by atoms with Crippen molar-refractivity contribution in [3.05, 3.63) is 53.6 Å². The number of hydrogen-bond donors (Lipinski definition) is 3. The van der Waals surface area contributed by atoms with Crippen LogP contribution in [0, 0.1) is 0 Å². The maximum Gasteiger partial charge on any atom is 0.268 e. The zero-order valence-corrected chi connectivity index (χ0v) is 12.3. The first-order chi connectivity index (χ1) is 10.5. The van der Waals surface area contributed by atoms with E-state index in [-0.39, 0.29) is 17.7 Å². The van der Waals surface area contributed by atoms with Crippen LogP contribution in [-0.4, -0.2) is 26.6 Å². The average Bonchev–Trinajstić information content (AvgIpc) is 3.14. The van der Waals surface area contributed by atoms with Crippen molar-refractivity contribution in [3.63, 3.8) is 0 Å². The van der Waals surface area contributed by atoms with Crippen LogP contribution in [0.3, 0.4) is 0 Å². The summed E-state index contributed by atoms with van der Waals surface area (Å²) in [6.45, 7) is 3.31. The minimum atomic E-state index is -0.277. The van der Waals surface area contributed by atoms with E-state index < -0.39 is 0 Å². The largest absolute Gasteiger partial charge is 0.356 e. The van der Waals surface area contributed by atoms with E-state index in [0.717, 1.165) is 11.0 Å². The molecule has 1 atom stereocenters. The van der Waals surface area contributed by atoms with Crippen molar-refractivity contribution in [2.45, 2.75) is 19.9 Å². The molecule has 0 bridgehead atoms. The molecule has 2 aromatic heterocycles. The molecule has 0 radical (unpaired) electrons. The van der Waals surface area contributed by atoms with E-state index in [1.54, 1.807) is 6.07 Å². The molecule has 0 aliphatic carbocycles. The zero-order valence-electron chi connectivity index (χ0n) is 12.3. The fourth-order valence-electron chi connectivity index (χ4n) is 2.25. The molecule has 3 rings (SSSR count). The van der Waals surface area contributed by atoms with Crippen molar-refractivity contribution in [1.29, 1.82) is 0 Å². The molecule has 112 valence electrons. The van der Waals surface area contributed by atoms with Gasteiger partial charge >= 0.3 is 0 Å². The minimum Gasteiger partial charge on any atom is -0.356 e. The number of ketones is 1. The van der Waals surface area contributed by atoms with E-state index in [4.69, 9.17) is 0 Å². The Balaban J connectivity index is 1.76. The number of Topliss-reactive ketones (excluding diaryl/α,β-unsaturated/α-hetero) is 1. The lowest BCUT2D eigenvalue weighted by atomic mass is 10.2. The van der Waals surface area contributed by atoms with Crippen LogP contribution in [0.25, 0.3) is 11.0 Å². The smallest absolute Gasteiger partial charge is 0.268 e. The van der Waals surface area contributed by atoms with E-state index in [1.165, 1.54) is 13.1 Å². The van der Waals surface area contributed by atoms with Crippen LogP contribution >= 0.6 is 0 Å². The fourth-order valence-corrected chi connectivity index (χ4v) is 2.25. The molecule has 0 spiro atoms. The lowest BCUT2D eigenvalue weighted by molar-refractivity contribution is 0.0934. The molecule has 2 heterocycles. The molecular weight excluding hydrogens is 280 g/mol. The molecule has 0 saturated heterocycles. The van der Waals surface area contributed by atoms with E-state index in [0.29, 0.717) is 17.1 Å². The lowest BCUT2D eigenvalue weighted by Gasteiger charge is -2.10. The van der Waals surface area contributed by atoms with Crippen LogP contribution in [-0.2, 0) is 0 Å². The van der Waals surface area contributed by atoms with Gasteiger partial charge in [0.2, 0.25) is 0 Å². The first kappa shape index (κ1) is 14.1. The highest BCUT2D eigenvalue weighted by atomic mass is 16.2. The van der Waals surface area contributed by atoms with Gasteiger partial charge in [0.25, 0.3) is 5.91 Å². The summed E-state index contributed by atoms with van der Waals surface area (Å²) in [5.41, 5.74) is 2.63. The number of nitrogens with zero attached hydrogens (tertiary/aromatic N) is 1. The third kappa shape index (κ3) is 2.63. The first-order valence-corrected chi connectivity index (χ1v) is 6.99. The zero-order chi connectivity index (χ0) is 15.7. The van der Waals surface area contributed by atoms with Gasteiger partial charge in [0.1, 0.15) is 11.5 Å². The monoisotopic (exact) mass is 296 g/mol. The number of H-pyrrole nitrogens is 2. The maximum atomic E-state index is 12.2. The highest BCUT2D eigenvalue weighted by molar-refractivity contribution is 5.99. The summed E-state index contributed by atoms with van der Waals surface area (Å²) in [6, 6.07) is 8.96. The van der Waals surface area contributed by atoms with Gasteiger partial charge in [0.05, 0.1) is 17.1 Å². The van der Waals surface area contributed by atoms with E-state index in [1.807, 2.05) is 31.2 Å². The Labute approximate surface area is 127 Å². The number of benzene rings is 1. The molecule has 1 unspecified atom stereocenters. The van der Waals surface area contributed by atoms with Crippen molar-refractivity contribution in [1.82, 2.24) is 20.3 Å². The van der Waals surface area contributed by atoms with Gasteiger partial charge in [-0.2, -0.15) is 0 Å². The molecule has 22 heavy (non-hydrogen) atoms. The van der Waals surface area contributed by atoms with Crippen LogP contribution in [0.1, 0.15) is 46.6 Å². The predicted octanol–water partition coefficient (Wildman–Crippen LogP) is 2.58. The number of rotatable bonds is 4. The quantitative estimate of drug-likeness (QED) is 0.646. The van der Waals surface area contributed by atoms with Gasteiger partial charge in [-0.1, -0.05) is 12.1 Å². The Morgan fingerprint density at radius 2 is 2.05 bits per heavy atom. The van der Waals surface area contributed by atoms with Gasteiger partial charge in [-0.15, -0.1) is 0 Å². The summed E-state index contributed by atoms with van der Waals surface area (Å²) in [5, 5.41) is 2.85. The second-order valence-electron chi connectivity index (χ2n) is 5.19. The van der Waals surface area contributed by atoms with E-state index in [9.17, 15) is 9.59 Å². The number of nitrogens with one attached hydrogen (secondary N) is 3. The summed E-state index contributed by atoms with van der Waals surface area (Å²) in [5.74, 6) is 0.328. The third-order valence-electron chi connectivity index (χ3n) is 3.50. The second-order valence-corrected chi connectivity index (χ2v) is 5.19. The summed E-state index contributed by atoms with van der Waals surface area (Å²) in [6.07, 6.45) is 1.53. The van der Waals surface area contributed by atoms with Crippen molar-refractivity contribution < 1.29 is 9.59 Å². The summed E-state index contributed by atoms with van der Waals surface area (Å²) >= 11 is 0. The number of aromatic amines is 2. The Bertz CT molecular complexity index is 814. The normalized spacial score (nSPS) is 12.3. The highest BCUT2D eigenvalue weighted by Gasteiger charge is 2.16. The van der Waals surface area contributed by atoms with Gasteiger partial charge in [0, 0.05) is 11.8 Å². The lowest BCUT2D eigenvalue weighted by Crippen LogP contribution is -2.27. The summed E-state index contributed by atoms with van der Waals surface area (Å²) in [4.78, 5) is 33.9. The van der Waals surface area contributed by atoms with Gasteiger partial charge < -0.3 is 15.3 Å². The molecular formula is C16H16N4O2. The van der Waals surface area contributed by atoms with Crippen LogP contribution in [0.4, 0.5) is 0 Å². The van der Waals surface area contributed by atoms with Crippen LogP contribution in [0.15, 0.2) is 36.5 Å². The predicted molar refractivity (Wildman–Crippen MR) is 82.8 cm³/mol. The highest BCUT2D eigenvalue weighted by Crippen LogP contribution is 2.16. The average molecular weight is 296 g/mol. The summed E-state index contributed by atoms with van der Waals surface area (Å²) < 4.78 is 0. The Kier molecular flexibility index (Phi) is 3.50. The van der Waals surface area contributed by atoms with Gasteiger partial charge in [-0.25, -0.2) is 4.98 Å². The number of carbonyl (C=O) groups excluding carboxylic acids is 2. The van der Waals surface area contributed by atoms with E-state index >= 15 is 0 Å². The number of para-hydroxylation sites is 2. The van der Waals surface area contributed by atoms with Crippen molar-refractivity contribution in [2.24, 2.45) is 0 Å². The molecule has 0 saturated carbocycles. The molecule has 6 nitrogen and oxygen atoms in total. The Morgan fingerprint density at radius 3 is 2.73 bits per heavy atom. The number of imidazole rings is 1. The molecule has 0 aliphatic rings. The van der Waals surface area contributed by atoms with Crippen molar-refractivity contribution in [2.75, 3.05) is 0 Å². The SMILES string of the molecule is CC(=O)c1c[nH]c(C(=O)NC(C)c2nc3ccccc3[nH]2)c1. The molecule has 1 amide bonds. The number of amides is 1. The topological polar surface area (TPSA) is 90.6 Å². The van der Waals surface area contributed by atoms with Crippen molar-refractivity contribution in [3.8, 4) is 0 Å².